The predicted molar refractivity (Wildman–Crippen MR) is 76.5 cm³/mol. The molecule has 1 unspecified atom stereocenters. The Morgan fingerprint density at radius 3 is 2.65 bits per heavy atom. The van der Waals surface area contributed by atoms with Gasteiger partial charge in [-0.05, 0) is 44.0 Å². The number of allylic oxidation sites excluding steroid dienone is 3. The summed E-state index contributed by atoms with van der Waals surface area (Å²) >= 11 is 12.2. The molecule has 0 aliphatic heterocycles. The second kappa shape index (κ2) is 6.13. The van der Waals surface area contributed by atoms with E-state index < -0.39 is 0 Å². The summed E-state index contributed by atoms with van der Waals surface area (Å²) in [6.07, 6.45) is 1.62. The molecule has 0 radical (unpaired) electrons. The third kappa shape index (κ3) is 3.79. The SMILES string of the molecule is C=C/C(Cl)=C(\C)NC(C)c1ccc(C)cc1Cl. The first-order valence-electron chi connectivity index (χ1n) is 5.47. The van der Waals surface area contributed by atoms with Crippen molar-refractivity contribution in [2.24, 2.45) is 0 Å². The maximum absolute atomic E-state index is 6.21. The molecule has 1 atom stereocenters. The van der Waals surface area contributed by atoms with Gasteiger partial charge in [0.25, 0.3) is 0 Å². The van der Waals surface area contributed by atoms with Crippen molar-refractivity contribution in [2.75, 3.05) is 0 Å². The van der Waals surface area contributed by atoms with E-state index in [0.29, 0.717) is 5.03 Å². The zero-order valence-corrected chi connectivity index (χ0v) is 11.9. The smallest absolute Gasteiger partial charge is 0.0586 e. The van der Waals surface area contributed by atoms with Crippen molar-refractivity contribution >= 4 is 23.2 Å². The van der Waals surface area contributed by atoms with Gasteiger partial charge in [0, 0.05) is 16.8 Å². The molecular formula is C14H17Cl2N. The van der Waals surface area contributed by atoms with Gasteiger partial charge in [-0.15, -0.1) is 0 Å². The summed E-state index contributed by atoms with van der Waals surface area (Å²) in [4.78, 5) is 0. The van der Waals surface area contributed by atoms with Crippen LogP contribution in [0.4, 0.5) is 0 Å². The van der Waals surface area contributed by atoms with E-state index in [2.05, 4.69) is 11.9 Å². The van der Waals surface area contributed by atoms with Crippen molar-refractivity contribution in [3.05, 3.63) is 57.7 Å². The van der Waals surface area contributed by atoms with Crippen LogP contribution >= 0.6 is 23.2 Å². The standard InChI is InChI=1S/C14H17Cl2N/c1-5-13(15)11(4)17-10(3)12-7-6-9(2)8-14(12)16/h5-8,10,17H,1H2,2-4H3/b13-11-. The molecule has 0 fully saturated rings. The second-order valence-electron chi connectivity index (χ2n) is 4.07. The minimum absolute atomic E-state index is 0.108. The molecule has 1 aromatic rings. The van der Waals surface area contributed by atoms with Crippen molar-refractivity contribution < 1.29 is 0 Å². The lowest BCUT2D eigenvalue weighted by atomic mass is 10.1. The minimum Gasteiger partial charge on any atom is -0.381 e. The first kappa shape index (κ1) is 14.1. The van der Waals surface area contributed by atoms with Crippen LogP contribution < -0.4 is 5.32 Å². The van der Waals surface area contributed by atoms with E-state index in [4.69, 9.17) is 23.2 Å². The zero-order chi connectivity index (χ0) is 13.0. The summed E-state index contributed by atoms with van der Waals surface area (Å²) in [7, 11) is 0. The molecule has 0 aromatic heterocycles. The van der Waals surface area contributed by atoms with Crippen LogP contribution in [0.2, 0.25) is 5.02 Å². The third-order valence-electron chi connectivity index (χ3n) is 2.59. The Hall–Kier alpha value is -0.920. The molecule has 0 spiro atoms. The fraction of sp³-hybridized carbons (Fsp3) is 0.286. The van der Waals surface area contributed by atoms with E-state index in [0.717, 1.165) is 21.8 Å². The van der Waals surface area contributed by atoms with Gasteiger partial charge in [-0.3, -0.25) is 0 Å². The van der Waals surface area contributed by atoms with Crippen molar-refractivity contribution in [3.63, 3.8) is 0 Å². The number of hydrogen-bond acceptors (Lipinski definition) is 1. The average molecular weight is 270 g/mol. The number of benzene rings is 1. The molecule has 0 bridgehead atoms. The summed E-state index contributed by atoms with van der Waals surface area (Å²) < 4.78 is 0. The second-order valence-corrected chi connectivity index (χ2v) is 4.88. The van der Waals surface area contributed by atoms with Crippen LogP contribution in [0.1, 0.15) is 31.0 Å². The van der Waals surface area contributed by atoms with Crippen LogP contribution in [0.15, 0.2) is 41.6 Å². The molecule has 0 aliphatic carbocycles. The molecule has 92 valence electrons. The van der Waals surface area contributed by atoms with E-state index in [1.807, 2.05) is 39.0 Å². The van der Waals surface area contributed by atoms with E-state index in [-0.39, 0.29) is 6.04 Å². The maximum Gasteiger partial charge on any atom is 0.0586 e. The Morgan fingerprint density at radius 1 is 1.47 bits per heavy atom. The van der Waals surface area contributed by atoms with Gasteiger partial charge in [0.2, 0.25) is 0 Å². The molecular weight excluding hydrogens is 253 g/mol. The van der Waals surface area contributed by atoms with Gasteiger partial charge in [-0.25, -0.2) is 0 Å². The van der Waals surface area contributed by atoms with Crippen LogP contribution in [0, 0.1) is 6.92 Å². The lowest BCUT2D eigenvalue weighted by Crippen LogP contribution is -2.17. The number of hydrogen-bond donors (Lipinski definition) is 1. The summed E-state index contributed by atoms with van der Waals surface area (Å²) in [6, 6.07) is 6.15. The van der Waals surface area contributed by atoms with Gasteiger partial charge in [0.1, 0.15) is 0 Å². The summed E-state index contributed by atoms with van der Waals surface area (Å²) in [5.41, 5.74) is 3.11. The zero-order valence-electron chi connectivity index (χ0n) is 10.3. The fourth-order valence-electron chi connectivity index (χ4n) is 1.61. The highest BCUT2D eigenvalue weighted by atomic mass is 35.5. The van der Waals surface area contributed by atoms with Crippen LogP contribution in [0.5, 0.6) is 0 Å². The fourth-order valence-corrected chi connectivity index (χ4v) is 2.06. The number of rotatable bonds is 4. The largest absolute Gasteiger partial charge is 0.381 e. The Kier molecular flexibility index (Phi) is 5.10. The molecule has 1 nitrogen and oxygen atoms in total. The summed E-state index contributed by atoms with van der Waals surface area (Å²) in [5.74, 6) is 0. The van der Waals surface area contributed by atoms with Crippen molar-refractivity contribution in [1.29, 1.82) is 0 Å². The third-order valence-corrected chi connectivity index (χ3v) is 3.36. The first-order chi connectivity index (χ1) is 7.95. The number of aryl methyl sites for hydroxylation is 1. The normalized spacial score (nSPS) is 13.9. The molecule has 0 amide bonds. The van der Waals surface area contributed by atoms with Gasteiger partial charge in [0.05, 0.1) is 5.03 Å². The highest BCUT2D eigenvalue weighted by Gasteiger charge is 2.10. The quantitative estimate of drug-likeness (QED) is 0.763. The Labute approximate surface area is 113 Å². The molecule has 1 rings (SSSR count). The van der Waals surface area contributed by atoms with E-state index in [1.54, 1.807) is 6.08 Å². The van der Waals surface area contributed by atoms with Gasteiger partial charge in [-0.1, -0.05) is 41.9 Å². The van der Waals surface area contributed by atoms with E-state index in [9.17, 15) is 0 Å². The molecule has 17 heavy (non-hydrogen) atoms. The number of halogens is 2. The lowest BCUT2D eigenvalue weighted by molar-refractivity contribution is 0.653. The molecule has 0 heterocycles. The maximum atomic E-state index is 6.21. The molecule has 0 saturated carbocycles. The molecule has 0 aliphatic rings. The average Bonchev–Trinajstić information content (AvgIpc) is 2.27. The van der Waals surface area contributed by atoms with Crippen molar-refractivity contribution in [2.45, 2.75) is 26.8 Å². The minimum atomic E-state index is 0.108. The summed E-state index contributed by atoms with van der Waals surface area (Å²) in [6.45, 7) is 9.62. The Balaban J connectivity index is 2.90. The summed E-state index contributed by atoms with van der Waals surface area (Å²) in [5, 5.41) is 4.70. The van der Waals surface area contributed by atoms with Gasteiger partial charge >= 0.3 is 0 Å². The van der Waals surface area contributed by atoms with Gasteiger partial charge in [-0.2, -0.15) is 0 Å². The topological polar surface area (TPSA) is 12.0 Å². The first-order valence-corrected chi connectivity index (χ1v) is 6.22. The van der Waals surface area contributed by atoms with Crippen LogP contribution in [0.3, 0.4) is 0 Å². The van der Waals surface area contributed by atoms with Gasteiger partial charge < -0.3 is 5.32 Å². The highest BCUT2D eigenvalue weighted by Crippen LogP contribution is 2.25. The Morgan fingerprint density at radius 2 is 2.12 bits per heavy atom. The van der Waals surface area contributed by atoms with Crippen LogP contribution in [0.25, 0.3) is 0 Å². The highest BCUT2D eigenvalue weighted by molar-refractivity contribution is 6.31. The van der Waals surface area contributed by atoms with Crippen LogP contribution in [-0.4, -0.2) is 0 Å². The lowest BCUT2D eigenvalue weighted by Gasteiger charge is -2.18. The van der Waals surface area contributed by atoms with Gasteiger partial charge in [0.15, 0.2) is 0 Å². The molecule has 3 heteroatoms. The predicted octanol–water partition coefficient (Wildman–Crippen LogP) is 4.96. The van der Waals surface area contributed by atoms with E-state index in [1.165, 1.54) is 0 Å². The van der Waals surface area contributed by atoms with E-state index >= 15 is 0 Å². The van der Waals surface area contributed by atoms with Crippen molar-refractivity contribution in [3.8, 4) is 0 Å². The molecule has 0 saturated heterocycles. The molecule has 1 N–H and O–H groups in total. The Bertz CT molecular complexity index is 450. The van der Waals surface area contributed by atoms with Crippen molar-refractivity contribution in [1.82, 2.24) is 5.32 Å². The molecule has 1 aromatic carbocycles. The monoisotopic (exact) mass is 269 g/mol. The number of nitrogens with one attached hydrogen (secondary N) is 1. The van der Waals surface area contributed by atoms with Crippen LogP contribution in [-0.2, 0) is 0 Å².